The summed E-state index contributed by atoms with van der Waals surface area (Å²) in [6, 6.07) is -0.672. The molecule has 32 heavy (non-hydrogen) atoms. The highest BCUT2D eigenvalue weighted by Crippen LogP contribution is 2.14. The van der Waals surface area contributed by atoms with E-state index in [1.807, 2.05) is 34.6 Å². The number of hydrogen-bond donors (Lipinski definition) is 1. The van der Waals surface area contributed by atoms with Crippen molar-refractivity contribution in [2.45, 2.75) is 137 Å². The zero-order chi connectivity index (χ0) is 24.2. The molecule has 0 aliphatic heterocycles. The van der Waals surface area contributed by atoms with Gasteiger partial charge in [-0.25, -0.2) is 9.59 Å². The van der Waals surface area contributed by atoms with Crippen molar-refractivity contribution in [3.8, 4) is 0 Å². The first kappa shape index (κ1) is 30.7. The van der Waals surface area contributed by atoms with Crippen LogP contribution < -0.4 is 5.32 Å². The normalized spacial score (nSPS) is 12.6. The lowest BCUT2D eigenvalue weighted by Crippen LogP contribution is -2.46. The van der Waals surface area contributed by atoms with Crippen molar-refractivity contribution in [1.29, 1.82) is 0 Å². The summed E-state index contributed by atoms with van der Waals surface area (Å²) in [4.78, 5) is 24.3. The van der Waals surface area contributed by atoms with Crippen LogP contribution in [0.1, 0.15) is 131 Å². The van der Waals surface area contributed by atoms with Crippen LogP contribution in [0, 0.1) is 11.3 Å². The zero-order valence-corrected chi connectivity index (χ0v) is 22.1. The van der Waals surface area contributed by atoms with E-state index in [4.69, 9.17) is 9.47 Å². The van der Waals surface area contributed by atoms with Crippen LogP contribution in [0.5, 0.6) is 0 Å². The number of carbonyl (C=O) groups excluding carboxylic acids is 2. The van der Waals surface area contributed by atoms with Crippen LogP contribution in [-0.2, 0) is 14.3 Å². The topological polar surface area (TPSA) is 64.6 Å². The molecule has 0 rings (SSSR count). The van der Waals surface area contributed by atoms with Crippen molar-refractivity contribution >= 4 is 12.1 Å². The predicted molar refractivity (Wildman–Crippen MR) is 134 cm³/mol. The lowest BCUT2D eigenvalue weighted by atomic mass is 9.99. The fourth-order valence-electron chi connectivity index (χ4n) is 3.51. The van der Waals surface area contributed by atoms with Gasteiger partial charge in [0.15, 0.2) is 0 Å². The lowest BCUT2D eigenvalue weighted by Gasteiger charge is -2.22. The minimum atomic E-state index is -0.672. The quantitative estimate of drug-likeness (QED) is 0.159. The van der Waals surface area contributed by atoms with Gasteiger partial charge in [0, 0.05) is 0 Å². The fourth-order valence-corrected chi connectivity index (χ4v) is 3.51. The first-order valence-corrected chi connectivity index (χ1v) is 13.3. The molecule has 190 valence electrons. The van der Waals surface area contributed by atoms with Crippen LogP contribution in [0.2, 0.25) is 0 Å². The van der Waals surface area contributed by atoms with Crippen molar-refractivity contribution in [1.82, 2.24) is 5.32 Å². The van der Waals surface area contributed by atoms with E-state index in [0.717, 1.165) is 12.8 Å². The van der Waals surface area contributed by atoms with Crippen molar-refractivity contribution in [2.75, 3.05) is 13.2 Å². The Balaban J connectivity index is 3.71. The summed E-state index contributed by atoms with van der Waals surface area (Å²) in [7, 11) is 0. The van der Waals surface area contributed by atoms with Crippen LogP contribution in [-0.4, -0.2) is 31.3 Å². The third-order valence-corrected chi connectivity index (χ3v) is 5.57. The molecule has 0 saturated heterocycles. The minimum Gasteiger partial charge on any atom is -0.464 e. The Hall–Kier alpha value is -1.26. The number of ether oxygens (including phenoxy) is 2. The highest BCUT2D eigenvalue weighted by Gasteiger charge is 2.26. The van der Waals surface area contributed by atoms with Crippen molar-refractivity contribution in [3.63, 3.8) is 0 Å². The van der Waals surface area contributed by atoms with E-state index in [1.165, 1.54) is 77.0 Å². The molecule has 1 unspecified atom stereocenters. The molecule has 0 fully saturated rings. The monoisotopic (exact) mass is 455 g/mol. The molecule has 0 spiro atoms. The predicted octanol–water partition coefficient (Wildman–Crippen LogP) is 7.81. The van der Waals surface area contributed by atoms with Crippen LogP contribution in [0.3, 0.4) is 0 Å². The van der Waals surface area contributed by atoms with Gasteiger partial charge in [-0.15, -0.1) is 0 Å². The molecule has 0 bridgehead atoms. The number of carbonyl (C=O) groups is 2. The Kier molecular flexibility index (Phi) is 18.5. The highest BCUT2D eigenvalue weighted by atomic mass is 16.6. The van der Waals surface area contributed by atoms with Crippen LogP contribution in [0.25, 0.3) is 0 Å². The lowest BCUT2D eigenvalue weighted by molar-refractivity contribution is -0.147. The minimum absolute atomic E-state index is 0.0546. The molecule has 0 aromatic carbocycles. The standard InChI is InChI=1S/C27H53NO4/c1-7-8-9-10-11-12-13-14-15-16-17-18-19-20-21-31-25(29)24(23(2)3)28-26(30)32-22-27(4,5)6/h23-24H,7-22H2,1-6H3,(H,28,30). The molecule has 0 aliphatic carbocycles. The van der Waals surface area contributed by atoms with Gasteiger partial charge in [0.05, 0.1) is 13.2 Å². The maximum absolute atomic E-state index is 12.4. The van der Waals surface area contributed by atoms with E-state index in [9.17, 15) is 9.59 Å². The molecule has 0 aliphatic rings. The molecule has 0 aromatic heterocycles. The Labute approximate surface area is 198 Å². The molecule has 0 radical (unpaired) electrons. The molecule has 0 aromatic rings. The average Bonchev–Trinajstić information content (AvgIpc) is 2.72. The Morgan fingerprint density at radius 2 is 1.16 bits per heavy atom. The van der Waals surface area contributed by atoms with Gasteiger partial charge in [0.2, 0.25) is 0 Å². The van der Waals surface area contributed by atoms with Crippen LogP contribution >= 0.6 is 0 Å². The molecular formula is C27H53NO4. The van der Waals surface area contributed by atoms with Crippen molar-refractivity contribution in [3.05, 3.63) is 0 Å². The average molecular weight is 456 g/mol. The molecule has 1 N–H and O–H groups in total. The third kappa shape index (κ3) is 19.4. The van der Waals surface area contributed by atoms with E-state index < -0.39 is 12.1 Å². The van der Waals surface area contributed by atoms with Gasteiger partial charge >= 0.3 is 12.1 Å². The Bertz CT molecular complexity index is 471. The number of unbranched alkanes of at least 4 members (excludes halogenated alkanes) is 13. The smallest absolute Gasteiger partial charge is 0.407 e. The molecular weight excluding hydrogens is 402 g/mol. The van der Waals surface area contributed by atoms with Gasteiger partial charge in [-0.1, -0.05) is 125 Å². The van der Waals surface area contributed by atoms with E-state index >= 15 is 0 Å². The summed E-state index contributed by atoms with van der Waals surface area (Å²) in [5.41, 5.74) is -0.112. The summed E-state index contributed by atoms with van der Waals surface area (Å²) >= 11 is 0. The number of esters is 1. The Morgan fingerprint density at radius 3 is 1.56 bits per heavy atom. The second kappa shape index (κ2) is 19.2. The van der Waals surface area contributed by atoms with Crippen molar-refractivity contribution in [2.24, 2.45) is 11.3 Å². The van der Waals surface area contributed by atoms with Crippen LogP contribution in [0.4, 0.5) is 4.79 Å². The molecule has 1 atom stereocenters. The second-order valence-electron chi connectivity index (χ2n) is 10.8. The first-order chi connectivity index (χ1) is 15.2. The van der Waals surface area contributed by atoms with E-state index in [1.54, 1.807) is 0 Å². The summed E-state index contributed by atoms with van der Waals surface area (Å²) < 4.78 is 10.6. The molecule has 5 heteroatoms. The van der Waals surface area contributed by atoms with Gasteiger partial charge in [-0.3, -0.25) is 0 Å². The molecule has 0 saturated carbocycles. The fraction of sp³-hybridized carbons (Fsp3) is 0.926. The maximum Gasteiger partial charge on any atom is 0.407 e. The van der Waals surface area contributed by atoms with E-state index in [-0.39, 0.29) is 17.3 Å². The summed E-state index contributed by atoms with van der Waals surface area (Å²) in [6.45, 7) is 12.7. The summed E-state index contributed by atoms with van der Waals surface area (Å²) in [6.07, 6.45) is 17.6. The molecule has 1 amide bonds. The van der Waals surface area contributed by atoms with Crippen molar-refractivity contribution < 1.29 is 19.1 Å². The van der Waals surface area contributed by atoms with Gasteiger partial charge in [0.25, 0.3) is 0 Å². The number of rotatable bonds is 19. The maximum atomic E-state index is 12.4. The highest BCUT2D eigenvalue weighted by molar-refractivity contribution is 5.81. The van der Waals surface area contributed by atoms with Gasteiger partial charge < -0.3 is 14.8 Å². The number of amides is 1. The zero-order valence-electron chi connectivity index (χ0n) is 22.1. The number of alkyl carbamates (subject to hydrolysis) is 1. The molecule has 5 nitrogen and oxygen atoms in total. The van der Waals surface area contributed by atoms with Gasteiger partial charge in [-0.05, 0) is 17.8 Å². The van der Waals surface area contributed by atoms with Gasteiger partial charge in [0.1, 0.15) is 6.04 Å². The van der Waals surface area contributed by atoms with E-state index in [2.05, 4.69) is 12.2 Å². The second-order valence-corrected chi connectivity index (χ2v) is 10.8. The SMILES string of the molecule is CCCCCCCCCCCCCCCCOC(=O)C(NC(=O)OCC(C)(C)C)C(C)C. The molecule has 0 heterocycles. The summed E-state index contributed by atoms with van der Waals surface area (Å²) in [5, 5.41) is 2.66. The first-order valence-electron chi connectivity index (χ1n) is 13.3. The Morgan fingerprint density at radius 1 is 0.719 bits per heavy atom. The summed E-state index contributed by atoms with van der Waals surface area (Å²) in [5.74, 6) is -0.427. The van der Waals surface area contributed by atoms with Gasteiger partial charge in [-0.2, -0.15) is 0 Å². The number of nitrogens with one attached hydrogen (secondary N) is 1. The third-order valence-electron chi connectivity index (χ3n) is 5.57. The largest absolute Gasteiger partial charge is 0.464 e. The van der Waals surface area contributed by atoms with Crippen LogP contribution in [0.15, 0.2) is 0 Å². The van der Waals surface area contributed by atoms with E-state index in [0.29, 0.717) is 13.2 Å². The number of hydrogen-bond acceptors (Lipinski definition) is 4.